The van der Waals surface area contributed by atoms with Gasteiger partial charge in [0.15, 0.2) is 5.03 Å². The second-order valence-electron chi connectivity index (χ2n) is 3.84. The number of hydrogen-bond acceptors (Lipinski definition) is 4. The van der Waals surface area contributed by atoms with Crippen LogP contribution in [0.3, 0.4) is 0 Å². The predicted molar refractivity (Wildman–Crippen MR) is 54.6 cm³/mol. The summed E-state index contributed by atoms with van der Waals surface area (Å²) in [6, 6.07) is 1.88. The first-order chi connectivity index (χ1) is 6.97. The Kier molecular flexibility index (Phi) is 2.53. The van der Waals surface area contributed by atoms with E-state index in [1.807, 2.05) is 7.05 Å². The molecule has 0 radical (unpaired) electrons. The van der Waals surface area contributed by atoms with E-state index in [0.29, 0.717) is 12.6 Å². The zero-order valence-corrected chi connectivity index (χ0v) is 9.31. The Morgan fingerprint density at radius 1 is 1.67 bits per heavy atom. The monoisotopic (exact) mass is 230 g/mol. The third kappa shape index (κ3) is 2.19. The minimum atomic E-state index is -3.67. The van der Waals surface area contributed by atoms with Gasteiger partial charge in [-0.2, -0.15) is 5.10 Å². The molecule has 0 bridgehead atoms. The molecular weight excluding hydrogens is 216 g/mol. The normalized spacial score (nSPS) is 22.7. The molecule has 1 aliphatic heterocycles. The van der Waals surface area contributed by atoms with Gasteiger partial charge in [0.2, 0.25) is 0 Å². The van der Waals surface area contributed by atoms with Gasteiger partial charge >= 0.3 is 0 Å². The molecule has 1 aliphatic rings. The number of likely N-dealkylation sites (N-methyl/N-ethyl adjacent to an activating group) is 1. The maximum atomic E-state index is 11.0. The van der Waals surface area contributed by atoms with Gasteiger partial charge in [-0.05, 0) is 26.1 Å². The van der Waals surface area contributed by atoms with Gasteiger partial charge in [0.25, 0.3) is 10.0 Å². The van der Waals surface area contributed by atoms with Gasteiger partial charge < -0.3 is 4.90 Å². The molecule has 1 aromatic heterocycles. The van der Waals surface area contributed by atoms with Crippen molar-refractivity contribution in [3.63, 3.8) is 0 Å². The summed E-state index contributed by atoms with van der Waals surface area (Å²) < 4.78 is 23.6. The van der Waals surface area contributed by atoms with E-state index in [1.165, 1.54) is 6.07 Å². The van der Waals surface area contributed by atoms with Crippen LogP contribution in [0.4, 0.5) is 0 Å². The highest BCUT2D eigenvalue weighted by Crippen LogP contribution is 2.16. The summed E-state index contributed by atoms with van der Waals surface area (Å²) >= 11 is 0. The lowest BCUT2D eigenvalue weighted by Gasteiger charge is -2.37. The molecule has 7 heteroatoms. The molecule has 1 saturated heterocycles. The molecule has 0 spiro atoms. The van der Waals surface area contributed by atoms with Crippen LogP contribution in [0, 0.1) is 0 Å². The smallest absolute Gasteiger partial charge is 0.257 e. The lowest BCUT2D eigenvalue weighted by Crippen LogP contribution is -2.47. The fourth-order valence-electron chi connectivity index (χ4n) is 1.61. The molecular formula is C8H14N4O2S. The fraction of sp³-hybridized carbons (Fsp3) is 0.625. The van der Waals surface area contributed by atoms with Crippen molar-refractivity contribution < 1.29 is 8.42 Å². The average Bonchev–Trinajstić information content (AvgIpc) is 2.59. The zero-order valence-electron chi connectivity index (χ0n) is 8.50. The van der Waals surface area contributed by atoms with Crippen LogP contribution in [-0.2, 0) is 16.6 Å². The number of nitrogens with two attached hydrogens (primary N) is 1. The first-order valence-corrected chi connectivity index (χ1v) is 6.28. The number of primary sulfonamides is 1. The Bertz CT molecular complexity index is 453. The summed E-state index contributed by atoms with van der Waals surface area (Å²) in [6.45, 7) is 1.81. The van der Waals surface area contributed by atoms with E-state index in [2.05, 4.69) is 10.00 Å². The third-order valence-electron chi connectivity index (χ3n) is 2.74. The van der Waals surface area contributed by atoms with Gasteiger partial charge in [-0.3, -0.25) is 4.68 Å². The standard InChI is InChI=1S/C8H14N4O2S/c1-11-4-2-7(11)6-12-5-3-8(10-12)15(9,13)14/h3,5,7H,2,4,6H2,1H3,(H2,9,13,14)/t7-/m0/s1. The Balaban J connectivity index is 2.08. The van der Waals surface area contributed by atoms with Gasteiger partial charge in [-0.1, -0.05) is 0 Å². The van der Waals surface area contributed by atoms with Crippen molar-refractivity contribution in [1.82, 2.24) is 14.7 Å². The van der Waals surface area contributed by atoms with Crippen molar-refractivity contribution >= 4 is 10.0 Å². The maximum absolute atomic E-state index is 11.0. The Morgan fingerprint density at radius 3 is 2.80 bits per heavy atom. The third-order valence-corrected chi connectivity index (χ3v) is 3.54. The van der Waals surface area contributed by atoms with E-state index in [0.717, 1.165) is 13.0 Å². The van der Waals surface area contributed by atoms with E-state index in [-0.39, 0.29) is 5.03 Å². The van der Waals surface area contributed by atoms with Crippen LogP contribution in [0.25, 0.3) is 0 Å². The molecule has 1 atom stereocenters. The average molecular weight is 230 g/mol. The van der Waals surface area contributed by atoms with Crippen molar-refractivity contribution in [2.75, 3.05) is 13.6 Å². The van der Waals surface area contributed by atoms with Crippen molar-refractivity contribution in [1.29, 1.82) is 0 Å². The molecule has 2 rings (SSSR count). The Morgan fingerprint density at radius 2 is 2.40 bits per heavy atom. The highest BCUT2D eigenvalue weighted by atomic mass is 32.2. The second-order valence-corrected chi connectivity index (χ2v) is 5.35. The lowest BCUT2D eigenvalue weighted by atomic mass is 10.1. The van der Waals surface area contributed by atoms with Crippen LogP contribution in [0.1, 0.15) is 6.42 Å². The first kappa shape index (κ1) is 10.6. The molecule has 6 nitrogen and oxygen atoms in total. The number of sulfonamides is 1. The van der Waals surface area contributed by atoms with Crippen molar-refractivity contribution in [2.45, 2.75) is 24.0 Å². The molecule has 2 heterocycles. The van der Waals surface area contributed by atoms with Crippen LogP contribution in [0.5, 0.6) is 0 Å². The SMILES string of the molecule is CN1CC[C@H]1Cn1ccc(S(N)(=O)=O)n1. The van der Waals surface area contributed by atoms with Gasteiger partial charge in [-0.25, -0.2) is 13.6 Å². The number of aromatic nitrogens is 2. The van der Waals surface area contributed by atoms with E-state index in [1.54, 1.807) is 10.9 Å². The molecule has 0 aromatic carbocycles. The lowest BCUT2D eigenvalue weighted by molar-refractivity contribution is 0.106. The molecule has 0 aliphatic carbocycles. The summed E-state index contributed by atoms with van der Waals surface area (Å²) in [5, 5.41) is 8.81. The highest BCUT2D eigenvalue weighted by molar-refractivity contribution is 7.89. The van der Waals surface area contributed by atoms with E-state index in [4.69, 9.17) is 5.14 Å². The van der Waals surface area contributed by atoms with Crippen LogP contribution < -0.4 is 5.14 Å². The summed E-state index contributed by atoms with van der Waals surface area (Å²) in [5.41, 5.74) is 0. The molecule has 15 heavy (non-hydrogen) atoms. The van der Waals surface area contributed by atoms with Crippen LogP contribution >= 0.6 is 0 Å². The quantitative estimate of drug-likeness (QED) is 0.739. The number of nitrogens with zero attached hydrogens (tertiary/aromatic N) is 3. The van der Waals surface area contributed by atoms with Crippen molar-refractivity contribution in [2.24, 2.45) is 5.14 Å². The topological polar surface area (TPSA) is 81.2 Å². The second kappa shape index (κ2) is 3.58. The molecule has 0 amide bonds. The predicted octanol–water partition coefficient (Wildman–Crippen LogP) is -0.765. The summed E-state index contributed by atoms with van der Waals surface area (Å²) in [4.78, 5) is 2.21. The van der Waals surface area contributed by atoms with E-state index < -0.39 is 10.0 Å². The highest BCUT2D eigenvalue weighted by Gasteiger charge is 2.24. The number of rotatable bonds is 3. The molecule has 1 fully saturated rings. The van der Waals surface area contributed by atoms with Crippen molar-refractivity contribution in [3.05, 3.63) is 12.3 Å². The summed E-state index contributed by atoms with van der Waals surface area (Å²) in [6.07, 6.45) is 2.77. The van der Waals surface area contributed by atoms with E-state index >= 15 is 0 Å². The van der Waals surface area contributed by atoms with Gasteiger partial charge in [0.1, 0.15) is 0 Å². The molecule has 0 saturated carbocycles. The maximum Gasteiger partial charge on any atom is 0.257 e. The largest absolute Gasteiger partial charge is 0.301 e. The van der Waals surface area contributed by atoms with Crippen LogP contribution in [-0.4, -0.2) is 42.7 Å². The summed E-state index contributed by atoms with van der Waals surface area (Å²) in [7, 11) is -1.63. The number of hydrogen-bond donors (Lipinski definition) is 1. The van der Waals surface area contributed by atoms with Crippen LogP contribution in [0.2, 0.25) is 0 Å². The Labute approximate surface area is 88.7 Å². The Hall–Kier alpha value is -0.920. The zero-order chi connectivity index (χ0) is 11.1. The molecule has 0 unspecified atom stereocenters. The van der Waals surface area contributed by atoms with Gasteiger partial charge in [0.05, 0.1) is 6.54 Å². The first-order valence-electron chi connectivity index (χ1n) is 4.73. The minimum absolute atomic E-state index is 0.0653. The molecule has 2 N–H and O–H groups in total. The molecule has 84 valence electrons. The van der Waals surface area contributed by atoms with Gasteiger partial charge in [-0.15, -0.1) is 0 Å². The summed E-state index contributed by atoms with van der Waals surface area (Å²) in [5.74, 6) is 0. The fourth-order valence-corrected chi connectivity index (χ4v) is 2.08. The van der Waals surface area contributed by atoms with Crippen LogP contribution in [0.15, 0.2) is 17.3 Å². The molecule has 1 aromatic rings. The van der Waals surface area contributed by atoms with E-state index in [9.17, 15) is 8.42 Å². The van der Waals surface area contributed by atoms with Crippen molar-refractivity contribution in [3.8, 4) is 0 Å². The minimum Gasteiger partial charge on any atom is -0.301 e. The number of likely N-dealkylation sites (tertiary alicyclic amines) is 1. The van der Waals surface area contributed by atoms with Gasteiger partial charge in [0, 0.05) is 12.2 Å².